The molecule has 2 aliphatic rings. The molecule has 0 saturated carbocycles. The fourth-order valence-electron chi connectivity index (χ4n) is 8.06. The van der Waals surface area contributed by atoms with Crippen LogP contribution in [0.25, 0.3) is 39.2 Å². The van der Waals surface area contributed by atoms with E-state index in [2.05, 4.69) is 160 Å². The molecule has 220 valence electrons. The summed E-state index contributed by atoms with van der Waals surface area (Å²) in [5.74, 6) is 0.892. The third-order valence-electron chi connectivity index (χ3n) is 9.91. The van der Waals surface area contributed by atoms with E-state index in [1.165, 1.54) is 44.8 Å². The van der Waals surface area contributed by atoms with E-state index in [0.717, 1.165) is 33.8 Å². The lowest BCUT2D eigenvalue weighted by atomic mass is 9.64. The molecule has 0 N–H and O–H groups in total. The maximum Gasteiger partial charge on any atom is 0.145 e. The van der Waals surface area contributed by atoms with Crippen LogP contribution >= 0.6 is 0 Å². The highest BCUT2D eigenvalue weighted by atomic mass is 15.2. The number of hydrogen-bond donors (Lipinski definition) is 0. The summed E-state index contributed by atoms with van der Waals surface area (Å²) in [6, 6.07) is 57.0. The number of pyridine rings is 1. The lowest BCUT2D eigenvalue weighted by Crippen LogP contribution is -2.36. The van der Waals surface area contributed by atoms with Crippen LogP contribution in [-0.2, 0) is 5.41 Å². The number of imidazole rings is 1. The van der Waals surface area contributed by atoms with Gasteiger partial charge in [0, 0.05) is 23.1 Å². The van der Waals surface area contributed by atoms with Gasteiger partial charge in [-0.15, -0.1) is 0 Å². The molecule has 1 spiro atoms. The normalized spacial score (nSPS) is 13.7. The molecule has 0 fully saturated rings. The molecule has 0 amide bonds. The molecule has 0 saturated heterocycles. The van der Waals surface area contributed by atoms with Crippen molar-refractivity contribution in [2.75, 3.05) is 4.90 Å². The van der Waals surface area contributed by atoms with E-state index in [4.69, 9.17) is 4.98 Å². The molecular formula is C43H28N4. The summed E-state index contributed by atoms with van der Waals surface area (Å²) in [6.07, 6.45) is 3.67. The maximum absolute atomic E-state index is 5.05. The molecule has 47 heavy (non-hydrogen) atoms. The number of hydrogen-bond acceptors (Lipinski definition) is 3. The Morgan fingerprint density at radius 1 is 0.468 bits per heavy atom. The Bertz CT molecular complexity index is 2380. The van der Waals surface area contributed by atoms with Crippen LogP contribution < -0.4 is 4.90 Å². The summed E-state index contributed by atoms with van der Waals surface area (Å²) in [5, 5.41) is 0. The molecule has 0 bridgehead atoms. The standard InChI is InChI=1S/C43H28N4/c1-2-12-30(13-3-1)47-41-26-27-44-28-38(41)45-42(47)29-22-24-31(25-23-29)46-39-20-10-8-18-36(39)43(37-19-9-11-21-40(37)46)34-16-6-4-14-32(34)33-15-5-7-17-35(33)43/h1-28H. The maximum atomic E-state index is 5.05. The second kappa shape index (κ2) is 9.87. The molecule has 2 aromatic heterocycles. The Morgan fingerprint density at radius 2 is 1.02 bits per heavy atom. The van der Waals surface area contributed by atoms with Gasteiger partial charge in [-0.05, 0) is 88.0 Å². The van der Waals surface area contributed by atoms with Gasteiger partial charge in [0.2, 0.25) is 0 Å². The lowest BCUT2D eigenvalue weighted by molar-refractivity contribution is 0.752. The van der Waals surface area contributed by atoms with Crippen LogP contribution in [0.3, 0.4) is 0 Å². The molecule has 1 aliphatic heterocycles. The fourth-order valence-corrected chi connectivity index (χ4v) is 8.06. The zero-order chi connectivity index (χ0) is 31.0. The number of anilines is 3. The highest BCUT2D eigenvalue weighted by Gasteiger charge is 2.51. The Hall–Kier alpha value is -6.26. The molecule has 4 nitrogen and oxygen atoms in total. The first kappa shape index (κ1) is 26.0. The predicted octanol–water partition coefficient (Wildman–Crippen LogP) is 10.2. The van der Waals surface area contributed by atoms with Crippen molar-refractivity contribution in [3.8, 4) is 28.2 Å². The number of fused-ring (bicyclic) bond motifs is 10. The van der Waals surface area contributed by atoms with Gasteiger partial charge in [-0.2, -0.15) is 0 Å². The van der Waals surface area contributed by atoms with Gasteiger partial charge in [0.1, 0.15) is 11.3 Å². The Labute approximate surface area is 272 Å². The average molecular weight is 601 g/mol. The first-order valence-electron chi connectivity index (χ1n) is 16.0. The molecule has 3 heterocycles. The fraction of sp³-hybridized carbons (Fsp3) is 0.0233. The van der Waals surface area contributed by atoms with E-state index in [1.807, 2.05) is 24.5 Å². The van der Waals surface area contributed by atoms with Crippen LogP contribution in [-0.4, -0.2) is 14.5 Å². The van der Waals surface area contributed by atoms with Crippen molar-refractivity contribution in [1.29, 1.82) is 0 Å². The number of benzene rings is 6. The van der Waals surface area contributed by atoms with Gasteiger partial charge in [0.15, 0.2) is 0 Å². The number of nitrogens with zero attached hydrogens (tertiary/aromatic N) is 4. The van der Waals surface area contributed by atoms with Crippen molar-refractivity contribution >= 4 is 28.1 Å². The van der Waals surface area contributed by atoms with Crippen molar-refractivity contribution in [2.45, 2.75) is 5.41 Å². The Morgan fingerprint density at radius 3 is 1.66 bits per heavy atom. The summed E-state index contributed by atoms with van der Waals surface area (Å²) < 4.78 is 2.22. The predicted molar refractivity (Wildman–Crippen MR) is 190 cm³/mol. The smallest absolute Gasteiger partial charge is 0.145 e. The van der Waals surface area contributed by atoms with Gasteiger partial charge in [-0.25, -0.2) is 4.98 Å². The minimum absolute atomic E-state index is 0.411. The van der Waals surface area contributed by atoms with Crippen LogP contribution in [0.1, 0.15) is 22.3 Å². The largest absolute Gasteiger partial charge is 0.310 e. The summed E-state index contributed by atoms with van der Waals surface area (Å²) in [6.45, 7) is 0. The van der Waals surface area contributed by atoms with E-state index in [0.29, 0.717) is 0 Å². The van der Waals surface area contributed by atoms with Gasteiger partial charge in [-0.3, -0.25) is 9.55 Å². The number of rotatable bonds is 3. The van der Waals surface area contributed by atoms with Crippen molar-refractivity contribution < 1.29 is 0 Å². The average Bonchev–Trinajstić information content (AvgIpc) is 3.68. The van der Waals surface area contributed by atoms with Gasteiger partial charge < -0.3 is 4.90 Å². The van der Waals surface area contributed by atoms with E-state index < -0.39 is 5.41 Å². The Kier molecular flexibility index (Phi) is 5.46. The van der Waals surface area contributed by atoms with E-state index >= 15 is 0 Å². The highest BCUT2D eigenvalue weighted by Crippen LogP contribution is 2.63. The lowest BCUT2D eigenvalue weighted by Gasteiger charge is -2.45. The molecule has 6 aromatic carbocycles. The van der Waals surface area contributed by atoms with Gasteiger partial charge in [0.25, 0.3) is 0 Å². The molecule has 8 aromatic rings. The number of para-hydroxylation sites is 3. The minimum atomic E-state index is -0.411. The zero-order valence-electron chi connectivity index (χ0n) is 25.5. The second-order valence-electron chi connectivity index (χ2n) is 12.2. The van der Waals surface area contributed by atoms with Gasteiger partial charge in [-0.1, -0.05) is 103 Å². The topological polar surface area (TPSA) is 34.0 Å². The SMILES string of the molecule is c1ccc(-n2c(-c3ccc(N4c5ccccc5C5(c6ccccc6-c6ccccc65)c5ccccc54)cc3)nc3cnccc32)cc1. The quantitative estimate of drug-likeness (QED) is 0.202. The molecule has 0 atom stereocenters. The molecule has 4 heteroatoms. The van der Waals surface area contributed by atoms with Crippen LogP contribution in [0.4, 0.5) is 17.1 Å². The molecule has 0 radical (unpaired) electrons. The molecule has 10 rings (SSSR count). The molecular weight excluding hydrogens is 573 g/mol. The van der Waals surface area contributed by atoms with Crippen molar-refractivity contribution in [1.82, 2.24) is 14.5 Å². The number of aromatic nitrogens is 3. The molecule has 0 unspecified atom stereocenters. The minimum Gasteiger partial charge on any atom is -0.310 e. The monoisotopic (exact) mass is 600 g/mol. The van der Waals surface area contributed by atoms with Gasteiger partial charge >= 0.3 is 0 Å². The third kappa shape index (κ3) is 3.52. The molecule has 1 aliphatic carbocycles. The first-order valence-corrected chi connectivity index (χ1v) is 16.0. The van der Waals surface area contributed by atoms with Crippen LogP contribution in [0.2, 0.25) is 0 Å². The first-order chi connectivity index (χ1) is 23.3. The van der Waals surface area contributed by atoms with E-state index in [-0.39, 0.29) is 0 Å². The zero-order valence-corrected chi connectivity index (χ0v) is 25.5. The van der Waals surface area contributed by atoms with Gasteiger partial charge in [0.05, 0.1) is 28.5 Å². The van der Waals surface area contributed by atoms with E-state index in [1.54, 1.807) is 0 Å². The van der Waals surface area contributed by atoms with Crippen molar-refractivity contribution in [3.05, 3.63) is 192 Å². The Balaban J connectivity index is 1.17. The summed E-state index contributed by atoms with van der Waals surface area (Å²) in [5.41, 5.74) is 15.0. The highest BCUT2D eigenvalue weighted by molar-refractivity contribution is 5.96. The van der Waals surface area contributed by atoms with Crippen molar-refractivity contribution in [2.24, 2.45) is 0 Å². The van der Waals surface area contributed by atoms with Crippen LogP contribution in [0, 0.1) is 0 Å². The second-order valence-corrected chi connectivity index (χ2v) is 12.2. The van der Waals surface area contributed by atoms with Crippen LogP contribution in [0.5, 0.6) is 0 Å². The van der Waals surface area contributed by atoms with Crippen molar-refractivity contribution in [3.63, 3.8) is 0 Å². The third-order valence-corrected chi connectivity index (χ3v) is 9.91. The van der Waals surface area contributed by atoms with E-state index in [9.17, 15) is 0 Å². The van der Waals surface area contributed by atoms with Crippen LogP contribution in [0.15, 0.2) is 170 Å². The summed E-state index contributed by atoms with van der Waals surface area (Å²) in [4.78, 5) is 11.8. The summed E-state index contributed by atoms with van der Waals surface area (Å²) in [7, 11) is 0. The summed E-state index contributed by atoms with van der Waals surface area (Å²) >= 11 is 0.